The number of nitrogens with zero attached hydrogens (tertiary/aromatic N) is 2. The number of pyridine rings is 1. The molecule has 4 heteroatoms. The van der Waals surface area contributed by atoms with E-state index in [-0.39, 0.29) is 11.8 Å². The minimum Gasteiger partial charge on any atom is -0.294 e. The molecule has 1 atom stereocenters. The number of carbonyl (C=O) groups excluding carboxylic acids is 1. The van der Waals surface area contributed by atoms with E-state index in [1.54, 1.807) is 11.3 Å². The highest BCUT2D eigenvalue weighted by Gasteiger charge is 2.44. The van der Waals surface area contributed by atoms with Gasteiger partial charge < -0.3 is 0 Å². The van der Waals surface area contributed by atoms with Gasteiger partial charge in [-0.1, -0.05) is 74.0 Å². The van der Waals surface area contributed by atoms with Gasteiger partial charge in [0, 0.05) is 34.3 Å². The molecule has 3 heterocycles. The fourth-order valence-electron chi connectivity index (χ4n) is 4.74. The Morgan fingerprint density at radius 1 is 1.03 bits per heavy atom. The van der Waals surface area contributed by atoms with Gasteiger partial charge in [0.05, 0.1) is 17.3 Å². The van der Waals surface area contributed by atoms with Crippen LogP contribution in [0.2, 0.25) is 0 Å². The summed E-state index contributed by atoms with van der Waals surface area (Å²) in [7, 11) is 0. The normalized spacial score (nSPS) is 19.9. The second-order valence-corrected chi connectivity index (χ2v) is 10.6. The van der Waals surface area contributed by atoms with E-state index in [0.29, 0.717) is 6.54 Å². The maximum atomic E-state index is 13.8. The van der Waals surface area contributed by atoms with Crippen LogP contribution in [0.5, 0.6) is 0 Å². The quantitative estimate of drug-likeness (QED) is 0.318. The number of fused-ring (bicyclic) bond motifs is 1. The van der Waals surface area contributed by atoms with E-state index in [9.17, 15) is 4.79 Å². The summed E-state index contributed by atoms with van der Waals surface area (Å²) >= 11 is 1.77. The van der Waals surface area contributed by atoms with Gasteiger partial charge in [0.2, 0.25) is 0 Å². The largest absolute Gasteiger partial charge is 0.294 e. The van der Waals surface area contributed by atoms with Crippen molar-refractivity contribution in [1.82, 2.24) is 9.88 Å². The van der Waals surface area contributed by atoms with Crippen LogP contribution in [0.3, 0.4) is 0 Å². The molecule has 1 fully saturated rings. The molecule has 0 N–H and O–H groups in total. The van der Waals surface area contributed by atoms with E-state index in [0.717, 1.165) is 34.3 Å². The zero-order valence-electron chi connectivity index (χ0n) is 19.3. The zero-order valence-corrected chi connectivity index (χ0v) is 20.1. The average molecular weight is 453 g/mol. The number of rotatable bonds is 4. The van der Waals surface area contributed by atoms with Gasteiger partial charge in [-0.25, -0.2) is 4.98 Å². The number of hydrogen-bond donors (Lipinski definition) is 0. The molecule has 4 aromatic rings. The summed E-state index contributed by atoms with van der Waals surface area (Å²) in [5.74, 6) is 0.200. The summed E-state index contributed by atoms with van der Waals surface area (Å²) in [5, 5.41) is 3.22. The lowest BCUT2D eigenvalue weighted by Gasteiger charge is -2.44. The fraction of sp³-hybridized carbons (Fsp3) is 0.241. The first-order valence-electron chi connectivity index (χ1n) is 11.4. The number of carbonyl (C=O) groups is 1. The van der Waals surface area contributed by atoms with Crippen LogP contribution in [-0.2, 0) is 11.3 Å². The smallest absolute Gasteiger partial charge is 0.167 e. The molecule has 1 unspecified atom stereocenters. The SMILES string of the molecule is Cc1ccc(C2/C(=C/c3ccc4ccccc4n3)C(=O)C(C)(C)CN2Cc2cccs2)cc1. The molecule has 166 valence electrons. The molecule has 0 saturated carbocycles. The van der Waals surface area contributed by atoms with Crippen LogP contribution in [0.25, 0.3) is 17.0 Å². The number of para-hydroxylation sites is 1. The molecule has 1 aliphatic rings. The van der Waals surface area contributed by atoms with Crippen LogP contribution in [0.1, 0.15) is 41.6 Å². The van der Waals surface area contributed by atoms with Crippen molar-refractivity contribution in [2.24, 2.45) is 5.41 Å². The zero-order chi connectivity index (χ0) is 23.0. The Morgan fingerprint density at radius 3 is 2.58 bits per heavy atom. The van der Waals surface area contributed by atoms with E-state index in [1.807, 2.05) is 30.3 Å². The Morgan fingerprint density at radius 2 is 1.82 bits per heavy atom. The van der Waals surface area contributed by atoms with Crippen molar-refractivity contribution in [3.8, 4) is 0 Å². The Bertz CT molecular complexity index is 1320. The van der Waals surface area contributed by atoms with Gasteiger partial charge in [0.25, 0.3) is 0 Å². The first-order valence-corrected chi connectivity index (χ1v) is 12.2. The molecule has 1 aliphatic heterocycles. The van der Waals surface area contributed by atoms with Crippen LogP contribution in [-0.4, -0.2) is 22.2 Å². The second kappa shape index (κ2) is 8.69. The number of aryl methyl sites for hydroxylation is 1. The van der Waals surface area contributed by atoms with Crippen molar-refractivity contribution in [2.45, 2.75) is 33.4 Å². The molecule has 5 rings (SSSR count). The van der Waals surface area contributed by atoms with Gasteiger partial charge >= 0.3 is 0 Å². The molecular weight excluding hydrogens is 424 g/mol. The summed E-state index contributed by atoms with van der Waals surface area (Å²) in [6.07, 6.45) is 2.02. The minimum atomic E-state index is -0.471. The molecule has 0 radical (unpaired) electrons. The Kier molecular flexibility index (Phi) is 5.73. The van der Waals surface area contributed by atoms with Crippen LogP contribution in [0.4, 0.5) is 0 Å². The van der Waals surface area contributed by atoms with E-state index < -0.39 is 5.41 Å². The van der Waals surface area contributed by atoms with Crippen molar-refractivity contribution < 1.29 is 4.79 Å². The summed E-state index contributed by atoms with van der Waals surface area (Å²) in [5.41, 5.74) is 4.47. The number of hydrogen-bond acceptors (Lipinski definition) is 4. The van der Waals surface area contributed by atoms with Crippen LogP contribution < -0.4 is 0 Å². The van der Waals surface area contributed by atoms with Gasteiger partial charge in [-0.15, -0.1) is 11.3 Å². The monoisotopic (exact) mass is 452 g/mol. The molecule has 2 aromatic heterocycles. The number of piperidine rings is 1. The summed E-state index contributed by atoms with van der Waals surface area (Å²) in [4.78, 5) is 22.4. The number of likely N-dealkylation sites (tertiary alicyclic amines) is 1. The first kappa shape index (κ1) is 21.7. The standard InChI is InChI=1S/C29H28N2OS/c1-20-10-12-22(13-11-20)27-25(17-23-15-14-21-7-4-5-9-26(21)30-23)28(32)29(2,3)19-31(27)18-24-8-6-16-33-24/h4-17,27H,18-19H2,1-3H3/b25-17-. The molecule has 1 saturated heterocycles. The lowest BCUT2D eigenvalue weighted by Crippen LogP contribution is -2.48. The van der Waals surface area contributed by atoms with Gasteiger partial charge in [-0.05, 0) is 42.1 Å². The lowest BCUT2D eigenvalue weighted by atomic mass is 9.74. The van der Waals surface area contributed by atoms with Crippen molar-refractivity contribution >= 4 is 34.1 Å². The molecule has 3 nitrogen and oxygen atoms in total. The van der Waals surface area contributed by atoms with Crippen molar-refractivity contribution in [2.75, 3.05) is 6.54 Å². The summed E-state index contributed by atoms with van der Waals surface area (Å²) in [6, 6.07) is 24.9. The summed E-state index contributed by atoms with van der Waals surface area (Å²) < 4.78 is 0. The molecule has 33 heavy (non-hydrogen) atoms. The minimum absolute atomic E-state index is 0.110. The van der Waals surface area contributed by atoms with E-state index in [1.165, 1.54) is 10.4 Å². The van der Waals surface area contributed by atoms with Crippen molar-refractivity contribution in [3.63, 3.8) is 0 Å². The molecule has 2 aromatic carbocycles. The third-order valence-electron chi connectivity index (χ3n) is 6.39. The molecule has 0 bridgehead atoms. The highest BCUT2D eigenvalue weighted by Crippen LogP contribution is 2.42. The Balaban J connectivity index is 1.65. The fourth-order valence-corrected chi connectivity index (χ4v) is 5.47. The molecule has 0 aliphatic carbocycles. The molecule has 0 amide bonds. The number of benzene rings is 2. The van der Waals surface area contributed by atoms with Crippen LogP contribution in [0, 0.1) is 12.3 Å². The van der Waals surface area contributed by atoms with Crippen LogP contribution in [0.15, 0.2) is 83.7 Å². The highest BCUT2D eigenvalue weighted by molar-refractivity contribution is 7.09. The molecule has 0 spiro atoms. The van der Waals surface area contributed by atoms with Gasteiger partial charge in [0.15, 0.2) is 5.78 Å². The first-order chi connectivity index (χ1) is 15.9. The van der Waals surface area contributed by atoms with Gasteiger partial charge in [0.1, 0.15) is 0 Å². The second-order valence-electron chi connectivity index (χ2n) is 9.54. The van der Waals surface area contributed by atoms with E-state index in [2.05, 4.69) is 79.6 Å². The number of ketones is 1. The lowest BCUT2D eigenvalue weighted by molar-refractivity contribution is -0.128. The molecular formula is C29H28N2OS. The van der Waals surface area contributed by atoms with E-state index in [4.69, 9.17) is 4.98 Å². The van der Waals surface area contributed by atoms with Gasteiger partial charge in [-0.2, -0.15) is 0 Å². The van der Waals surface area contributed by atoms with Crippen molar-refractivity contribution in [3.05, 3.63) is 105 Å². The number of aromatic nitrogens is 1. The topological polar surface area (TPSA) is 33.2 Å². The summed E-state index contributed by atoms with van der Waals surface area (Å²) in [6.45, 7) is 7.74. The maximum absolute atomic E-state index is 13.8. The average Bonchev–Trinajstić information content (AvgIpc) is 3.31. The third-order valence-corrected chi connectivity index (χ3v) is 7.25. The highest BCUT2D eigenvalue weighted by atomic mass is 32.1. The number of Topliss-reactive ketones (excluding diaryl/α,β-unsaturated/α-hetero) is 1. The predicted octanol–water partition coefficient (Wildman–Crippen LogP) is 6.84. The van der Waals surface area contributed by atoms with E-state index >= 15 is 0 Å². The third kappa shape index (κ3) is 4.41. The maximum Gasteiger partial charge on any atom is 0.167 e. The van der Waals surface area contributed by atoms with Crippen LogP contribution >= 0.6 is 11.3 Å². The Hall–Kier alpha value is -3.08. The Labute approximate surface area is 199 Å². The predicted molar refractivity (Wildman–Crippen MR) is 137 cm³/mol. The van der Waals surface area contributed by atoms with Gasteiger partial charge in [-0.3, -0.25) is 9.69 Å². The number of thiophene rings is 1. The van der Waals surface area contributed by atoms with Crippen molar-refractivity contribution in [1.29, 1.82) is 0 Å².